The molecule has 0 heterocycles. The highest BCUT2D eigenvalue weighted by molar-refractivity contribution is 8.76. The third kappa shape index (κ3) is 13.6. The van der Waals surface area contributed by atoms with Crippen LogP contribution in [0.2, 0.25) is 0 Å². The van der Waals surface area contributed by atoms with Crippen molar-refractivity contribution in [3.8, 4) is 0 Å². The summed E-state index contributed by atoms with van der Waals surface area (Å²) in [6, 6.07) is 9.90. The van der Waals surface area contributed by atoms with Gasteiger partial charge < -0.3 is 20.3 Å². The molecule has 0 saturated carbocycles. The number of thioether (sulfide) groups is 1. The van der Waals surface area contributed by atoms with Crippen molar-refractivity contribution >= 4 is 51.3 Å². The van der Waals surface area contributed by atoms with Gasteiger partial charge in [0.2, 0.25) is 6.29 Å². The van der Waals surface area contributed by atoms with Gasteiger partial charge in [0.1, 0.15) is 5.78 Å². The van der Waals surface area contributed by atoms with Crippen LogP contribution in [0.25, 0.3) is 0 Å². The second-order valence-corrected chi connectivity index (χ2v) is 10.4. The SMILES string of the molecule is CSCCC(N)CSSC[C@@H](Cc1ccccc1)C(=O)CCC(=O)OC(C)OC(=O)O. The van der Waals surface area contributed by atoms with Crippen LogP contribution in [0.3, 0.4) is 0 Å². The van der Waals surface area contributed by atoms with Gasteiger partial charge in [-0.05, 0) is 30.4 Å². The Kier molecular flexibility index (Phi) is 14.5. The largest absolute Gasteiger partial charge is 0.508 e. The molecule has 3 atom stereocenters. The van der Waals surface area contributed by atoms with Crippen LogP contribution in [0.4, 0.5) is 4.79 Å². The molecule has 0 aromatic heterocycles. The maximum absolute atomic E-state index is 12.8. The molecule has 0 saturated heterocycles. The minimum absolute atomic E-state index is 0.0209. The van der Waals surface area contributed by atoms with Crippen molar-refractivity contribution in [3.63, 3.8) is 0 Å². The summed E-state index contributed by atoms with van der Waals surface area (Å²) in [4.78, 5) is 35.1. The van der Waals surface area contributed by atoms with Crippen molar-refractivity contribution in [1.29, 1.82) is 0 Å². The van der Waals surface area contributed by atoms with Crippen LogP contribution >= 0.6 is 33.3 Å². The first-order valence-electron chi connectivity index (χ1n) is 9.96. The minimum Gasteiger partial charge on any atom is -0.450 e. The Hall–Kier alpha value is -1.36. The summed E-state index contributed by atoms with van der Waals surface area (Å²) in [6.07, 6.45) is 0.810. The molecule has 7 nitrogen and oxygen atoms in total. The fourth-order valence-corrected chi connectivity index (χ4v) is 5.76. The Labute approximate surface area is 196 Å². The molecule has 0 amide bonds. The van der Waals surface area contributed by atoms with Crippen LogP contribution in [0, 0.1) is 5.92 Å². The first kappa shape index (κ1) is 27.7. The first-order chi connectivity index (χ1) is 14.8. The van der Waals surface area contributed by atoms with Gasteiger partial charge in [0.25, 0.3) is 0 Å². The fourth-order valence-electron chi connectivity index (χ4n) is 2.62. The number of rotatable bonds is 16. The molecule has 31 heavy (non-hydrogen) atoms. The lowest BCUT2D eigenvalue weighted by molar-refractivity contribution is -0.167. The monoisotopic (exact) mass is 489 g/mol. The first-order valence-corrected chi connectivity index (χ1v) is 13.8. The van der Waals surface area contributed by atoms with Crippen molar-refractivity contribution in [3.05, 3.63) is 35.9 Å². The summed E-state index contributed by atoms with van der Waals surface area (Å²) >= 11 is 1.78. The van der Waals surface area contributed by atoms with E-state index in [1.807, 2.05) is 30.3 Å². The van der Waals surface area contributed by atoms with E-state index in [-0.39, 0.29) is 30.6 Å². The lowest BCUT2D eigenvalue weighted by Crippen LogP contribution is -2.24. The van der Waals surface area contributed by atoms with Gasteiger partial charge in [-0.15, -0.1) is 0 Å². The predicted molar refractivity (Wildman–Crippen MR) is 128 cm³/mol. The Morgan fingerprint density at radius 3 is 2.39 bits per heavy atom. The van der Waals surface area contributed by atoms with Gasteiger partial charge in [-0.1, -0.05) is 51.9 Å². The van der Waals surface area contributed by atoms with Gasteiger partial charge in [-0.25, -0.2) is 4.79 Å². The Morgan fingerprint density at radius 1 is 1.06 bits per heavy atom. The fraction of sp³-hybridized carbons (Fsp3) is 0.571. The molecule has 0 aliphatic rings. The van der Waals surface area contributed by atoms with E-state index in [1.54, 1.807) is 33.3 Å². The molecule has 2 unspecified atom stereocenters. The average Bonchev–Trinajstić information content (AvgIpc) is 2.72. The lowest BCUT2D eigenvalue weighted by atomic mass is 9.94. The van der Waals surface area contributed by atoms with Crippen LogP contribution in [-0.4, -0.2) is 58.9 Å². The molecule has 0 spiro atoms. The molecule has 10 heteroatoms. The molecule has 0 aliphatic heterocycles. The summed E-state index contributed by atoms with van der Waals surface area (Å²) in [5, 5.41) is 8.53. The van der Waals surface area contributed by atoms with Gasteiger partial charge in [0, 0.05) is 36.8 Å². The zero-order valence-corrected chi connectivity index (χ0v) is 20.3. The maximum atomic E-state index is 12.8. The standard InChI is InChI=1S/C21H31NO6S3/c1-15(28-21(25)26)27-20(24)9-8-19(23)17(12-16-6-4-3-5-7-16)13-30-31-14-18(22)10-11-29-2/h3-7,15,17-18H,8-14,22H2,1-2H3,(H,25,26)/t15?,17-,18?/m1/s1. The van der Waals surface area contributed by atoms with E-state index < -0.39 is 18.4 Å². The number of nitrogens with two attached hydrogens (primary N) is 1. The third-order valence-electron chi connectivity index (χ3n) is 4.25. The number of ketones is 1. The molecule has 0 radical (unpaired) electrons. The number of carbonyl (C=O) groups is 3. The molecular formula is C21H31NO6S3. The number of benzene rings is 1. The van der Waals surface area contributed by atoms with E-state index in [4.69, 9.17) is 15.6 Å². The molecule has 1 aromatic rings. The molecule has 3 N–H and O–H groups in total. The number of Topliss-reactive ketones (excluding diaryl/α,β-unsaturated/α-hetero) is 1. The van der Waals surface area contributed by atoms with Crippen molar-refractivity contribution in [1.82, 2.24) is 0 Å². The number of carboxylic acid groups (broad SMARTS) is 1. The van der Waals surface area contributed by atoms with Crippen LogP contribution in [-0.2, 0) is 25.5 Å². The van der Waals surface area contributed by atoms with Crippen molar-refractivity contribution in [2.75, 3.05) is 23.5 Å². The summed E-state index contributed by atoms with van der Waals surface area (Å²) in [5.74, 6) is 1.57. The van der Waals surface area contributed by atoms with Gasteiger partial charge in [-0.3, -0.25) is 9.59 Å². The van der Waals surface area contributed by atoms with Crippen molar-refractivity contribution < 1.29 is 29.0 Å². The number of esters is 1. The predicted octanol–water partition coefficient (Wildman–Crippen LogP) is 4.24. The Morgan fingerprint density at radius 2 is 1.74 bits per heavy atom. The highest BCUT2D eigenvalue weighted by Gasteiger charge is 2.22. The summed E-state index contributed by atoms with van der Waals surface area (Å²) < 4.78 is 9.18. The van der Waals surface area contributed by atoms with E-state index in [9.17, 15) is 14.4 Å². The van der Waals surface area contributed by atoms with Crippen molar-refractivity contribution in [2.24, 2.45) is 11.7 Å². The van der Waals surface area contributed by atoms with E-state index in [0.29, 0.717) is 12.2 Å². The van der Waals surface area contributed by atoms with E-state index in [1.165, 1.54) is 6.92 Å². The Balaban J connectivity index is 2.53. The second kappa shape index (κ2) is 16.3. The van der Waals surface area contributed by atoms with E-state index in [0.717, 1.165) is 23.5 Å². The maximum Gasteiger partial charge on any atom is 0.508 e. The summed E-state index contributed by atoms with van der Waals surface area (Å²) in [7, 11) is 3.30. The summed E-state index contributed by atoms with van der Waals surface area (Å²) in [6.45, 7) is 1.31. The van der Waals surface area contributed by atoms with Gasteiger partial charge in [0.15, 0.2) is 0 Å². The Bertz CT molecular complexity index is 676. The zero-order chi connectivity index (χ0) is 23.1. The molecule has 1 aromatic carbocycles. The van der Waals surface area contributed by atoms with Gasteiger partial charge in [-0.2, -0.15) is 11.8 Å². The number of carbonyl (C=O) groups excluding carboxylic acids is 2. The normalized spacial score (nSPS) is 13.8. The number of ether oxygens (including phenoxy) is 2. The smallest absolute Gasteiger partial charge is 0.450 e. The lowest BCUT2D eigenvalue weighted by Gasteiger charge is -2.17. The van der Waals surface area contributed by atoms with E-state index in [2.05, 4.69) is 11.0 Å². The second-order valence-electron chi connectivity index (χ2n) is 6.90. The van der Waals surface area contributed by atoms with Crippen LogP contribution < -0.4 is 5.73 Å². The van der Waals surface area contributed by atoms with Gasteiger partial charge >= 0.3 is 12.1 Å². The quantitative estimate of drug-likeness (QED) is 0.151. The average molecular weight is 490 g/mol. The zero-order valence-electron chi connectivity index (χ0n) is 17.9. The highest BCUT2D eigenvalue weighted by atomic mass is 33.1. The molecule has 174 valence electrons. The molecule has 0 fully saturated rings. The summed E-state index contributed by atoms with van der Waals surface area (Å²) in [5.41, 5.74) is 7.16. The van der Waals surface area contributed by atoms with Crippen LogP contribution in [0.15, 0.2) is 30.3 Å². The van der Waals surface area contributed by atoms with E-state index >= 15 is 0 Å². The van der Waals surface area contributed by atoms with Crippen molar-refractivity contribution in [2.45, 2.75) is 44.9 Å². The molecule has 1 rings (SSSR count). The van der Waals surface area contributed by atoms with Crippen LogP contribution in [0.1, 0.15) is 31.7 Å². The molecule has 0 aliphatic carbocycles. The van der Waals surface area contributed by atoms with Crippen LogP contribution in [0.5, 0.6) is 0 Å². The molecule has 0 bridgehead atoms. The number of hydrogen-bond acceptors (Lipinski definition) is 9. The van der Waals surface area contributed by atoms with Gasteiger partial charge in [0.05, 0.1) is 6.42 Å². The molecular weight excluding hydrogens is 458 g/mol. The number of hydrogen-bond donors (Lipinski definition) is 2. The third-order valence-corrected chi connectivity index (χ3v) is 7.48. The highest BCUT2D eigenvalue weighted by Crippen LogP contribution is 2.28. The topological polar surface area (TPSA) is 116 Å². The minimum atomic E-state index is -1.53.